The topological polar surface area (TPSA) is 92.0 Å². The maximum atomic E-state index is 13.0. The van der Waals surface area contributed by atoms with Gasteiger partial charge in [0.2, 0.25) is 0 Å². The number of rotatable bonds is 9. The molecule has 2 heterocycles. The molecule has 1 aliphatic rings. The van der Waals surface area contributed by atoms with Crippen LogP contribution in [0, 0.1) is 6.92 Å². The van der Waals surface area contributed by atoms with Crippen molar-refractivity contribution in [3.63, 3.8) is 0 Å². The SMILES string of the molecule is CNC(=O)N(Cc1c(OC)cc(OC)cc1OC)C1CCN(Cc2nc(-c3ccc(C(F)(F)F)cc3)[nH]c2C)CC1. The molecule has 2 N–H and O–H groups in total. The van der Waals surface area contributed by atoms with Crippen LogP contribution in [-0.2, 0) is 19.3 Å². The van der Waals surface area contributed by atoms with Crippen LogP contribution in [0.5, 0.6) is 17.2 Å². The standard InChI is InChI=1S/C29H36F3N5O4/c1-18-24(35-27(34-18)19-6-8-20(9-7-19)29(30,31)32)17-36-12-10-21(11-13-36)37(28(38)33-2)16-23-25(40-4)14-22(39-3)15-26(23)41-5/h6-9,14-15,21H,10-13,16-17H2,1-5H3,(H,33,38)(H,34,35). The minimum atomic E-state index is -4.38. The molecule has 1 aromatic heterocycles. The average Bonchev–Trinajstić information content (AvgIpc) is 3.34. The van der Waals surface area contributed by atoms with Gasteiger partial charge in [0.15, 0.2) is 0 Å². The van der Waals surface area contributed by atoms with Crippen LogP contribution in [0.4, 0.5) is 18.0 Å². The summed E-state index contributed by atoms with van der Waals surface area (Å²) >= 11 is 0. The van der Waals surface area contributed by atoms with Gasteiger partial charge >= 0.3 is 12.2 Å². The predicted octanol–water partition coefficient (Wildman–Crippen LogP) is 5.24. The Morgan fingerprint density at radius 1 is 1.07 bits per heavy atom. The third-order valence-electron chi connectivity index (χ3n) is 7.46. The Balaban J connectivity index is 1.44. The molecule has 0 bridgehead atoms. The highest BCUT2D eigenvalue weighted by Gasteiger charge is 2.31. The molecule has 2 amide bonds. The number of aromatic amines is 1. The zero-order chi connectivity index (χ0) is 29.7. The minimum absolute atomic E-state index is 0.00861. The summed E-state index contributed by atoms with van der Waals surface area (Å²) in [4.78, 5) is 25.0. The third-order valence-corrected chi connectivity index (χ3v) is 7.46. The van der Waals surface area contributed by atoms with E-state index in [9.17, 15) is 18.0 Å². The van der Waals surface area contributed by atoms with Gasteiger partial charge in [-0.05, 0) is 31.9 Å². The molecule has 0 saturated carbocycles. The summed E-state index contributed by atoms with van der Waals surface area (Å²) in [6.07, 6.45) is -2.87. The maximum Gasteiger partial charge on any atom is 0.416 e. The number of carbonyl (C=O) groups excluding carboxylic acids is 1. The van der Waals surface area contributed by atoms with Gasteiger partial charge in [0.1, 0.15) is 23.1 Å². The molecule has 0 aliphatic carbocycles. The van der Waals surface area contributed by atoms with E-state index >= 15 is 0 Å². The van der Waals surface area contributed by atoms with Gasteiger partial charge < -0.3 is 29.4 Å². The number of methoxy groups -OCH3 is 3. The van der Waals surface area contributed by atoms with Gasteiger partial charge in [-0.2, -0.15) is 13.2 Å². The molecule has 1 fully saturated rings. The molecule has 12 heteroatoms. The van der Waals surface area contributed by atoms with Crippen molar-refractivity contribution in [2.45, 2.75) is 45.1 Å². The summed E-state index contributed by atoms with van der Waals surface area (Å²) in [6.45, 7) is 4.30. The third kappa shape index (κ3) is 6.87. The lowest BCUT2D eigenvalue weighted by atomic mass is 10.0. The van der Waals surface area contributed by atoms with E-state index in [0.717, 1.165) is 55.0 Å². The van der Waals surface area contributed by atoms with Crippen molar-refractivity contribution in [3.8, 4) is 28.6 Å². The molecule has 0 unspecified atom stereocenters. The molecular formula is C29H36F3N5O4. The normalized spacial score (nSPS) is 14.5. The molecule has 0 spiro atoms. The Morgan fingerprint density at radius 2 is 1.68 bits per heavy atom. The van der Waals surface area contributed by atoms with Gasteiger partial charge in [-0.15, -0.1) is 0 Å². The minimum Gasteiger partial charge on any atom is -0.496 e. The van der Waals surface area contributed by atoms with Crippen molar-refractivity contribution in [1.82, 2.24) is 25.1 Å². The van der Waals surface area contributed by atoms with E-state index in [1.54, 1.807) is 40.5 Å². The molecule has 222 valence electrons. The Kier molecular flexibility index (Phi) is 9.31. The lowest BCUT2D eigenvalue weighted by Crippen LogP contribution is -2.49. The van der Waals surface area contributed by atoms with Crippen LogP contribution in [0.15, 0.2) is 36.4 Å². The Labute approximate surface area is 237 Å². The number of nitrogens with one attached hydrogen (secondary N) is 2. The first-order chi connectivity index (χ1) is 19.6. The first kappa shape index (κ1) is 30.0. The Hall–Kier alpha value is -3.93. The molecule has 2 aromatic carbocycles. The average molecular weight is 576 g/mol. The van der Waals surface area contributed by atoms with Crippen LogP contribution in [0.1, 0.15) is 35.4 Å². The largest absolute Gasteiger partial charge is 0.496 e. The van der Waals surface area contributed by atoms with Gasteiger partial charge in [0.05, 0.1) is 44.7 Å². The van der Waals surface area contributed by atoms with E-state index in [4.69, 9.17) is 14.2 Å². The molecule has 3 aromatic rings. The van der Waals surface area contributed by atoms with Gasteiger partial charge in [-0.25, -0.2) is 9.78 Å². The van der Waals surface area contributed by atoms with Crippen LogP contribution in [-0.4, -0.2) is 73.3 Å². The molecule has 9 nitrogen and oxygen atoms in total. The van der Waals surface area contributed by atoms with Crippen molar-refractivity contribution in [3.05, 3.63) is 58.9 Å². The second-order valence-electron chi connectivity index (χ2n) is 9.93. The molecule has 0 radical (unpaired) electrons. The molecule has 4 rings (SSSR count). The van der Waals surface area contributed by atoms with Crippen molar-refractivity contribution in [2.24, 2.45) is 0 Å². The number of hydrogen-bond acceptors (Lipinski definition) is 6. The molecule has 1 aliphatic heterocycles. The van der Waals surface area contributed by atoms with Crippen molar-refractivity contribution in [1.29, 1.82) is 0 Å². The summed E-state index contributed by atoms with van der Waals surface area (Å²) in [5, 5.41) is 2.76. The van der Waals surface area contributed by atoms with E-state index in [0.29, 0.717) is 41.7 Å². The second-order valence-corrected chi connectivity index (χ2v) is 9.93. The van der Waals surface area contributed by atoms with Gasteiger partial charge in [0.25, 0.3) is 0 Å². The fraction of sp³-hybridized carbons (Fsp3) is 0.448. The molecule has 1 saturated heterocycles. The van der Waals surface area contributed by atoms with Gasteiger partial charge in [-0.3, -0.25) is 4.90 Å². The first-order valence-corrected chi connectivity index (χ1v) is 13.3. The van der Waals surface area contributed by atoms with Crippen LogP contribution in [0.3, 0.4) is 0 Å². The highest BCUT2D eigenvalue weighted by Crippen LogP contribution is 2.36. The summed E-state index contributed by atoms with van der Waals surface area (Å²) in [5.74, 6) is 2.28. The number of piperidine rings is 1. The van der Waals surface area contributed by atoms with E-state index in [1.165, 1.54) is 12.1 Å². The second kappa shape index (κ2) is 12.7. The number of likely N-dealkylation sites (tertiary alicyclic amines) is 1. The number of ether oxygens (including phenoxy) is 3. The summed E-state index contributed by atoms with van der Waals surface area (Å²) in [5.41, 5.74) is 2.37. The zero-order valence-electron chi connectivity index (χ0n) is 23.9. The number of carbonyl (C=O) groups is 1. The molecule has 41 heavy (non-hydrogen) atoms. The van der Waals surface area contributed by atoms with Crippen LogP contribution in [0.25, 0.3) is 11.4 Å². The number of halogens is 3. The summed E-state index contributed by atoms with van der Waals surface area (Å²) in [7, 11) is 6.32. The van der Waals surface area contributed by atoms with Crippen molar-refractivity contribution >= 4 is 6.03 Å². The number of H-pyrrole nitrogens is 1. The molecular weight excluding hydrogens is 539 g/mol. The van der Waals surface area contributed by atoms with E-state index in [2.05, 4.69) is 20.2 Å². The quantitative estimate of drug-likeness (QED) is 0.363. The number of nitrogens with zero attached hydrogens (tertiary/aromatic N) is 3. The lowest BCUT2D eigenvalue weighted by molar-refractivity contribution is -0.137. The number of amides is 2. The first-order valence-electron chi connectivity index (χ1n) is 13.3. The van der Waals surface area contributed by atoms with E-state index in [1.807, 2.05) is 11.8 Å². The highest BCUT2D eigenvalue weighted by atomic mass is 19.4. The number of aryl methyl sites for hydroxylation is 1. The molecule has 0 atom stereocenters. The fourth-order valence-corrected chi connectivity index (χ4v) is 5.12. The highest BCUT2D eigenvalue weighted by molar-refractivity contribution is 5.74. The van der Waals surface area contributed by atoms with E-state index in [-0.39, 0.29) is 12.1 Å². The number of hydrogen-bond donors (Lipinski definition) is 2. The number of benzene rings is 2. The van der Waals surface area contributed by atoms with Crippen LogP contribution in [0.2, 0.25) is 0 Å². The summed E-state index contributed by atoms with van der Waals surface area (Å²) in [6, 6.07) is 8.33. The maximum absolute atomic E-state index is 13.0. The van der Waals surface area contributed by atoms with E-state index < -0.39 is 11.7 Å². The van der Waals surface area contributed by atoms with Crippen molar-refractivity contribution < 1.29 is 32.2 Å². The monoisotopic (exact) mass is 575 g/mol. The fourth-order valence-electron chi connectivity index (χ4n) is 5.12. The van der Waals surface area contributed by atoms with Gasteiger partial charge in [0, 0.05) is 56.1 Å². The number of alkyl halides is 3. The predicted molar refractivity (Wildman–Crippen MR) is 148 cm³/mol. The smallest absolute Gasteiger partial charge is 0.416 e. The lowest BCUT2D eigenvalue weighted by Gasteiger charge is -2.38. The number of imidazole rings is 1. The van der Waals surface area contributed by atoms with Gasteiger partial charge in [-0.1, -0.05) is 12.1 Å². The Bertz CT molecular complexity index is 1310. The van der Waals surface area contributed by atoms with Crippen LogP contribution < -0.4 is 19.5 Å². The van der Waals surface area contributed by atoms with Crippen LogP contribution >= 0.6 is 0 Å². The number of aromatic nitrogens is 2. The Morgan fingerprint density at radius 3 is 2.20 bits per heavy atom. The number of urea groups is 1. The summed E-state index contributed by atoms with van der Waals surface area (Å²) < 4.78 is 55.3. The van der Waals surface area contributed by atoms with Crippen molar-refractivity contribution in [2.75, 3.05) is 41.5 Å². The zero-order valence-corrected chi connectivity index (χ0v) is 23.9.